The van der Waals surface area contributed by atoms with Crippen molar-refractivity contribution >= 4 is 11.7 Å². The van der Waals surface area contributed by atoms with Crippen molar-refractivity contribution in [3.63, 3.8) is 0 Å². The minimum atomic E-state index is -0.214. The Kier molecular flexibility index (Phi) is 6.74. The van der Waals surface area contributed by atoms with Crippen LogP contribution in [0.25, 0.3) is 0 Å². The number of hydroxylamine groups is 2. The summed E-state index contributed by atoms with van der Waals surface area (Å²) in [5.74, 6) is 1.74. The Balaban J connectivity index is 1.11. The summed E-state index contributed by atoms with van der Waals surface area (Å²) in [4.78, 5) is 27.8. The highest BCUT2D eigenvalue weighted by Gasteiger charge is 2.38. The fraction of sp³-hybridized carbons (Fsp3) is 0.333. The fourth-order valence-electron chi connectivity index (χ4n) is 4.35. The number of nitrogens with zero attached hydrogens (tertiary/aromatic N) is 4. The van der Waals surface area contributed by atoms with Crippen LogP contribution >= 0.6 is 0 Å². The molecule has 2 aliphatic heterocycles. The molecular weight excluding hydrogens is 428 g/mol. The van der Waals surface area contributed by atoms with Crippen LogP contribution in [0.2, 0.25) is 0 Å². The predicted molar refractivity (Wildman–Crippen MR) is 130 cm³/mol. The molecule has 1 atom stereocenters. The van der Waals surface area contributed by atoms with Crippen LogP contribution in [0.5, 0.6) is 5.75 Å². The van der Waals surface area contributed by atoms with Gasteiger partial charge in [0.05, 0.1) is 19.3 Å². The molecule has 0 radical (unpaired) electrons. The van der Waals surface area contributed by atoms with Gasteiger partial charge >= 0.3 is 0 Å². The number of carbonyl (C=O) groups is 1. The van der Waals surface area contributed by atoms with Crippen molar-refractivity contribution in [2.75, 3.05) is 37.7 Å². The molecule has 3 heterocycles. The summed E-state index contributed by atoms with van der Waals surface area (Å²) >= 11 is 0. The van der Waals surface area contributed by atoms with E-state index in [0.717, 1.165) is 48.9 Å². The van der Waals surface area contributed by atoms with E-state index in [9.17, 15) is 4.79 Å². The summed E-state index contributed by atoms with van der Waals surface area (Å²) < 4.78 is 5.84. The van der Waals surface area contributed by atoms with Crippen LogP contribution in [0, 0.1) is 6.92 Å². The lowest BCUT2D eigenvalue weighted by Gasteiger charge is -2.37. The summed E-state index contributed by atoms with van der Waals surface area (Å²) in [6.07, 6.45) is 1.78. The van der Waals surface area contributed by atoms with Crippen molar-refractivity contribution < 1.29 is 14.4 Å². The average molecular weight is 459 g/mol. The number of benzene rings is 2. The number of amides is 1. The van der Waals surface area contributed by atoms with Gasteiger partial charge in [-0.15, -0.1) is 0 Å². The first-order valence-corrected chi connectivity index (χ1v) is 11.8. The van der Waals surface area contributed by atoms with E-state index in [1.54, 1.807) is 6.20 Å². The van der Waals surface area contributed by atoms with Gasteiger partial charge in [0.1, 0.15) is 24.2 Å². The fourth-order valence-corrected chi connectivity index (χ4v) is 4.35. The number of aryl methyl sites for hydroxylation is 1. The predicted octanol–water partition coefficient (Wildman–Crippen LogP) is 3.43. The van der Waals surface area contributed by atoms with Crippen LogP contribution in [0.4, 0.5) is 5.82 Å². The van der Waals surface area contributed by atoms with E-state index >= 15 is 0 Å². The van der Waals surface area contributed by atoms with Crippen molar-refractivity contribution in [2.45, 2.75) is 26.1 Å². The summed E-state index contributed by atoms with van der Waals surface area (Å²) in [5, 5.41) is 1.51. The lowest BCUT2D eigenvalue weighted by Crippen LogP contribution is -2.53. The number of hydrogen-bond donors (Lipinski definition) is 0. The molecule has 0 bridgehead atoms. The highest BCUT2D eigenvalue weighted by Crippen LogP contribution is 2.22. The molecule has 1 amide bonds. The number of rotatable bonds is 7. The Labute approximate surface area is 200 Å². The van der Waals surface area contributed by atoms with E-state index in [1.807, 2.05) is 54.6 Å². The highest BCUT2D eigenvalue weighted by atomic mass is 16.7. The van der Waals surface area contributed by atoms with Gasteiger partial charge in [-0.05, 0) is 30.2 Å². The van der Waals surface area contributed by atoms with E-state index in [0.29, 0.717) is 19.8 Å². The molecule has 0 N–H and O–H groups in total. The Morgan fingerprint density at radius 1 is 0.941 bits per heavy atom. The van der Waals surface area contributed by atoms with Crippen molar-refractivity contribution in [3.8, 4) is 5.75 Å². The number of carbonyl (C=O) groups excluding carboxylic acids is 1. The van der Waals surface area contributed by atoms with E-state index in [2.05, 4.69) is 33.8 Å². The zero-order chi connectivity index (χ0) is 23.3. The van der Waals surface area contributed by atoms with E-state index in [4.69, 9.17) is 9.57 Å². The zero-order valence-corrected chi connectivity index (χ0v) is 19.5. The summed E-state index contributed by atoms with van der Waals surface area (Å²) in [5.41, 5.74) is 3.41. The second kappa shape index (κ2) is 10.2. The van der Waals surface area contributed by atoms with Gasteiger partial charge in [-0.25, -0.2) is 10.0 Å². The SMILES string of the molecule is Cc1ccc(CN2OCC(N3CCN(c4ccc(OCc5ccccc5)cn4)CC3)C2=O)cc1. The number of anilines is 1. The molecule has 0 saturated carbocycles. The van der Waals surface area contributed by atoms with E-state index in [1.165, 1.54) is 10.6 Å². The molecule has 7 heteroatoms. The molecule has 0 aliphatic carbocycles. The van der Waals surface area contributed by atoms with Crippen molar-refractivity contribution in [1.82, 2.24) is 14.9 Å². The normalized spacial score (nSPS) is 19.0. The standard InChI is InChI=1S/C27H30N4O3/c1-21-7-9-22(10-8-21)18-31-27(32)25(20-34-31)29-13-15-30(16-14-29)26-12-11-24(17-28-26)33-19-23-5-3-2-4-6-23/h2-12,17,25H,13-16,18-20H2,1H3. The molecule has 1 aromatic heterocycles. The lowest BCUT2D eigenvalue weighted by molar-refractivity contribution is -0.164. The maximum atomic E-state index is 12.9. The highest BCUT2D eigenvalue weighted by molar-refractivity contribution is 5.82. The molecule has 2 saturated heterocycles. The maximum Gasteiger partial charge on any atom is 0.266 e. The van der Waals surface area contributed by atoms with Gasteiger partial charge in [0.15, 0.2) is 0 Å². The molecule has 7 nitrogen and oxygen atoms in total. The molecule has 5 rings (SSSR count). The molecule has 2 aliphatic rings. The molecular formula is C27H30N4O3. The number of pyridine rings is 1. The number of ether oxygens (including phenoxy) is 1. The van der Waals surface area contributed by atoms with Gasteiger partial charge in [-0.2, -0.15) is 0 Å². The summed E-state index contributed by atoms with van der Waals surface area (Å²) in [7, 11) is 0. The van der Waals surface area contributed by atoms with Gasteiger partial charge in [0, 0.05) is 26.2 Å². The molecule has 0 spiro atoms. The molecule has 34 heavy (non-hydrogen) atoms. The average Bonchev–Trinajstić information content (AvgIpc) is 3.25. The first-order chi connectivity index (χ1) is 16.7. The maximum absolute atomic E-state index is 12.9. The largest absolute Gasteiger partial charge is 0.487 e. The van der Waals surface area contributed by atoms with Crippen LogP contribution in [0.15, 0.2) is 72.9 Å². The van der Waals surface area contributed by atoms with Gasteiger partial charge in [0.2, 0.25) is 0 Å². The van der Waals surface area contributed by atoms with Gasteiger partial charge < -0.3 is 9.64 Å². The van der Waals surface area contributed by atoms with Crippen molar-refractivity contribution in [1.29, 1.82) is 0 Å². The van der Waals surface area contributed by atoms with Gasteiger partial charge in [0.25, 0.3) is 5.91 Å². The number of piperazine rings is 1. The number of aromatic nitrogens is 1. The first kappa shape index (κ1) is 22.4. The van der Waals surface area contributed by atoms with Crippen LogP contribution in [0.1, 0.15) is 16.7 Å². The Morgan fingerprint density at radius 2 is 1.71 bits per heavy atom. The Bertz CT molecular complexity index is 1080. The van der Waals surface area contributed by atoms with Gasteiger partial charge in [-0.1, -0.05) is 60.2 Å². The molecule has 1 unspecified atom stereocenters. The molecule has 2 fully saturated rings. The summed E-state index contributed by atoms with van der Waals surface area (Å²) in [6.45, 7) is 6.71. The quantitative estimate of drug-likeness (QED) is 0.541. The van der Waals surface area contributed by atoms with Crippen LogP contribution in [-0.2, 0) is 22.8 Å². The third kappa shape index (κ3) is 5.21. The zero-order valence-electron chi connectivity index (χ0n) is 19.5. The minimum Gasteiger partial charge on any atom is -0.487 e. The molecule has 2 aromatic carbocycles. The molecule has 176 valence electrons. The third-order valence-corrected chi connectivity index (χ3v) is 6.41. The Hall–Kier alpha value is -3.42. The Morgan fingerprint density at radius 3 is 2.41 bits per heavy atom. The minimum absolute atomic E-state index is 0.0482. The monoisotopic (exact) mass is 458 g/mol. The number of hydrogen-bond acceptors (Lipinski definition) is 6. The second-order valence-electron chi connectivity index (χ2n) is 8.82. The van der Waals surface area contributed by atoms with E-state index < -0.39 is 0 Å². The second-order valence-corrected chi connectivity index (χ2v) is 8.82. The smallest absolute Gasteiger partial charge is 0.266 e. The van der Waals surface area contributed by atoms with Crippen LogP contribution in [-0.4, -0.2) is 59.7 Å². The topological polar surface area (TPSA) is 58.1 Å². The first-order valence-electron chi connectivity index (χ1n) is 11.8. The van der Waals surface area contributed by atoms with Crippen LogP contribution in [0.3, 0.4) is 0 Å². The van der Waals surface area contributed by atoms with Gasteiger partial charge in [-0.3, -0.25) is 14.5 Å². The third-order valence-electron chi connectivity index (χ3n) is 6.41. The lowest BCUT2D eigenvalue weighted by atomic mass is 10.1. The summed E-state index contributed by atoms with van der Waals surface area (Å²) in [6, 6.07) is 22.1. The van der Waals surface area contributed by atoms with Crippen molar-refractivity contribution in [3.05, 3.63) is 89.6 Å². The molecule has 3 aromatic rings. The van der Waals surface area contributed by atoms with Crippen LogP contribution < -0.4 is 9.64 Å². The van der Waals surface area contributed by atoms with E-state index in [-0.39, 0.29) is 11.9 Å². The van der Waals surface area contributed by atoms with Crippen molar-refractivity contribution in [2.24, 2.45) is 0 Å².